The van der Waals surface area contributed by atoms with Gasteiger partial charge >= 0.3 is 0 Å². The Bertz CT molecular complexity index is 682. The van der Waals surface area contributed by atoms with Gasteiger partial charge in [0.1, 0.15) is 5.82 Å². The van der Waals surface area contributed by atoms with E-state index < -0.39 is 0 Å². The van der Waals surface area contributed by atoms with Crippen molar-refractivity contribution >= 4 is 27.3 Å². The lowest BCUT2D eigenvalue weighted by Crippen LogP contribution is -2.45. The van der Waals surface area contributed by atoms with E-state index in [0.29, 0.717) is 22.4 Å². The largest absolute Gasteiger partial charge is 0.394 e. The second kappa shape index (κ2) is 5.73. The van der Waals surface area contributed by atoms with E-state index in [1.807, 2.05) is 6.07 Å². The van der Waals surface area contributed by atoms with Crippen LogP contribution in [0.15, 0.2) is 18.2 Å². The number of carbonyl (C=O) groups excluding carboxylic acids is 1. The van der Waals surface area contributed by atoms with Crippen LogP contribution in [0.2, 0.25) is 0 Å². The molecule has 5 heteroatoms. The molecule has 1 saturated heterocycles. The van der Waals surface area contributed by atoms with E-state index in [1.165, 1.54) is 17.4 Å². The number of carbonyl (C=O) groups is 1. The number of piperidine rings is 1. The van der Waals surface area contributed by atoms with E-state index in [1.54, 1.807) is 17.9 Å². The molecule has 1 aromatic carbocycles. The predicted octanol–water partition coefficient (Wildman–Crippen LogP) is 3.34. The normalized spacial score (nSPS) is 19.2. The topological polar surface area (TPSA) is 40.5 Å². The molecule has 1 aliphatic rings. The van der Waals surface area contributed by atoms with Gasteiger partial charge in [0.05, 0.1) is 17.5 Å². The first kappa shape index (κ1) is 14.5. The third-order valence-corrected chi connectivity index (χ3v) is 5.44. The lowest BCUT2D eigenvalue weighted by molar-refractivity contribution is 0.0507. The van der Waals surface area contributed by atoms with Crippen LogP contribution in [0, 0.1) is 12.7 Å². The summed E-state index contributed by atoms with van der Waals surface area (Å²) in [5.74, 6) is -0.357. The molecule has 0 bridgehead atoms. The summed E-state index contributed by atoms with van der Waals surface area (Å²) < 4.78 is 14.8. The van der Waals surface area contributed by atoms with Crippen molar-refractivity contribution in [3.8, 4) is 0 Å². The Morgan fingerprint density at radius 2 is 2.29 bits per heavy atom. The van der Waals surface area contributed by atoms with Crippen molar-refractivity contribution in [1.82, 2.24) is 4.90 Å². The number of aryl methyl sites for hydroxylation is 1. The number of halogens is 1. The lowest BCUT2D eigenvalue weighted by atomic mass is 10.0. The van der Waals surface area contributed by atoms with Crippen LogP contribution in [0.3, 0.4) is 0 Å². The molecule has 21 heavy (non-hydrogen) atoms. The summed E-state index contributed by atoms with van der Waals surface area (Å²) in [6, 6.07) is 4.82. The molecule has 1 aliphatic heterocycles. The first-order valence-corrected chi connectivity index (χ1v) is 8.04. The summed E-state index contributed by atoms with van der Waals surface area (Å²) in [5.41, 5.74) is 0.709. The minimum absolute atomic E-state index is 0.00988. The van der Waals surface area contributed by atoms with Gasteiger partial charge in [0, 0.05) is 16.6 Å². The number of fused-ring (bicyclic) bond motifs is 1. The van der Waals surface area contributed by atoms with Crippen LogP contribution in [0.1, 0.15) is 34.5 Å². The van der Waals surface area contributed by atoms with Crippen molar-refractivity contribution < 1.29 is 14.3 Å². The predicted molar refractivity (Wildman–Crippen MR) is 82.3 cm³/mol. The number of thiophene rings is 1. The van der Waals surface area contributed by atoms with Crippen molar-refractivity contribution in [2.75, 3.05) is 13.2 Å². The Labute approximate surface area is 127 Å². The van der Waals surface area contributed by atoms with Crippen LogP contribution in [-0.4, -0.2) is 35.1 Å². The van der Waals surface area contributed by atoms with Gasteiger partial charge < -0.3 is 10.0 Å². The molecule has 1 amide bonds. The zero-order valence-electron chi connectivity index (χ0n) is 11.9. The summed E-state index contributed by atoms with van der Waals surface area (Å²) in [6.45, 7) is 2.46. The van der Waals surface area contributed by atoms with E-state index in [0.717, 1.165) is 24.0 Å². The van der Waals surface area contributed by atoms with Crippen molar-refractivity contribution in [2.24, 2.45) is 0 Å². The smallest absolute Gasteiger partial charge is 0.264 e. The number of hydrogen-bond acceptors (Lipinski definition) is 3. The zero-order valence-corrected chi connectivity index (χ0v) is 12.8. The summed E-state index contributed by atoms with van der Waals surface area (Å²) in [6.07, 6.45) is 2.83. The van der Waals surface area contributed by atoms with Gasteiger partial charge in [-0.3, -0.25) is 4.79 Å². The minimum atomic E-state index is -0.280. The third kappa shape index (κ3) is 2.45. The van der Waals surface area contributed by atoms with Gasteiger partial charge in [-0.15, -0.1) is 11.3 Å². The molecule has 2 aromatic rings. The zero-order chi connectivity index (χ0) is 15.0. The SMILES string of the molecule is Cc1c(C(=O)N2CCCCC2CO)sc2cccc(F)c12. The van der Waals surface area contributed by atoms with Gasteiger partial charge in [0.15, 0.2) is 0 Å². The van der Waals surface area contributed by atoms with Gasteiger partial charge in [-0.25, -0.2) is 4.39 Å². The molecule has 1 unspecified atom stereocenters. The molecule has 1 N–H and O–H groups in total. The standard InChI is InChI=1S/C16H18FNO2S/c1-10-14-12(17)6-4-7-13(14)21-15(10)16(20)18-8-3-2-5-11(18)9-19/h4,6-7,11,19H,2-3,5,8-9H2,1H3. The van der Waals surface area contributed by atoms with Crippen LogP contribution in [0.5, 0.6) is 0 Å². The molecule has 0 radical (unpaired) electrons. The van der Waals surface area contributed by atoms with Gasteiger partial charge in [-0.1, -0.05) is 6.07 Å². The Kier molecular flexibility index (Phi) is 3.95. The van der Waals surface area contributed by atoms with Gasteiger partial charge in [-0.2, -0.15) is 0 Å². The molecule has 1 atom stereocenters. The van der Waals surface area contributed by atoms with Crippen molar-refractivity contribution in [1.29, 1.82) is 0 Å². The number of hydrogen-bond donors (Lipinski definition) is 1. The van der Waals surface area contributed by atoms with Crippen LogP contribution in [0.4, 0.5) is 4.39 Å². The first-order chi connectivity index (χ1) is 10.1. The highest BCUT2D eigenvalue weighted by atomic mass is 32.1. The summed E-state index contributed by atoms with van der Waals surface area (Å²) in [5, 5.41) is 10.0. The van der Waals surface area contributed by atoms with Crippen LogP contribution in [0.25, 0.3) is 10.1 Å². The molecule has 3 nitrogen and oxygen atoms in total. The van der Waals surface area contributed by atoms with Gasteiger partial charge in [0.2, 0.25) is 0 Å². The van der Waals surface area contributed by atoms with Gasteiger partial charge in [0.25, 0.3) is 5.91 Å². The number of amides is 1. The maximum Gasteiger partial charge on any atom is 0.264 e. The average Bonchev–Trinajstić information content (AvgIpc) is 2.85. The third-order valence-electron chi connectivity index (χ3n) is 4.20. The Hall–Kier alpha value is -1.46. The molecule has 2 heterocycles. The van der Waals surface area contributed by atoms with E-state index in [2.05, 4.69) is 0 Å². The number of benzene rings is 1. The van der Waals surface area contributed by atoms with Crippen LogP contribution in [-0.2, 0) is 0 Å². The fourth-order valence-electron chi connectivity index (χ4n) is 3.05. The van der Waals surface area contributed by atoms with Crippen molar-refractivity contribution in [3.63, 3.8) is 0 Å². The molecule has 112 valence electrons. The Morgan fingerprint density at radius 3 is 3.00 bits per heavy atom. The number of aliphatic hydroxyl groups excluding tert-OH is 1. The number of aliphatic hydroxyl groups is 1. The fourth-order valence-corrected chi connectivity index (χ4v) is 4.22. The molecular weight excluding hydrogens is 289 g/mol. The first-order valence-electron chi connectivity index (χ1n) is 7.23. The molecule has 3 rings (SSSR count). The second-order valence-electron chi connectivity index (χ2n) is 5.50. The molecule has 0 saturated carbocycles. The molecule has 0 aliphatic carbocycles. The highest BCUT2D eigenvalue weighted by Crippen LogP contribution is 2.34. The van der Waals surface area contributed by atoms with Crippen LogP contribution >= 0.6 is 11.3 Å². The summed E-state index contributed by atoms with van der Waals surface area (Å²) in [7, 11) is 0. The van der Waals surface area contributed by atoms with E-state index in [9.17, 15) is 14.3 Å². The molecular formula is C16H18FNO2S. The quantitative estimate of drug-likeness (QED) is 0.924. The van der Waals surface area contributed by atoms with E-state index >= 15 is 0 Å². The minimum Gasteiger partial charge on any atom is -0.394 e. The molecule has 1 aromatic heterocycles. The monoisotopic (exact) mass is 307 g/mol. The number of nitrogens with zero attached hydrogens (tertiary/aromatic N) is 1. The highest BCUT2D eigenvalue weighted by molar-refractivity contribution is 7.21. The lowest BCUT2D eigenvalue weighted by Gasteiger charge is -2.34. The van der Waals surface area contributed by atoms with Crippen molar-refractivity contribution in [3.05, 3.63) is 34.5 Å². The Morgan fingerprint density at radius 1 is 1.48 bits per heavy atom. The van der Waals surface area contributed by atoms with Crippen molar-refractivity contribution in [2.45, 2.75) is 32.2 Å². The Balaban J connectivity index is 2.01. The summed E-state index contributed by atoms with van der Waals surface area (Å²) >= 11 is 1.34. The fraction of sp³-hybridized carbons (Fsp3) is 0.438. The number of likely N-dealkylation sites (tertiary alicyclic amines) is 1. The average molecular weight is 307 g/mol. The molecule has 1 fully saturated rings. The maximum absolute atomic E-state index is 14.0. The van der Waals surface area contributed by atoms with Crippen LogP contribution < -0.4 is 0 Å². The van der Waals surface area contributed by atoms with E-state index in [-0.39, 0.29) is 24.4 Å². The maximum atomic E-state index is 14.0. The highest BCUT2D eigenvalue weighted by Gasteiger charge is 2.29. The molecule has 0 spiro atoms. The second-order valence-corrected chi connectivity index (χ2v) is 6.55. The number of rotatable bonds is 2. The van der Waals surface area contributed by atoms with E-state index in [4.69, 9.17) is 0 Å². The summed E-state index contributed by atoms with van der Waals surface area (Å²) in [4.78, 5) is 15.1. The van der Waals surface area contributed by atoms with Gasteiger partial charge in [-0.05, 0) is 43.9 Å².